The van der Waals surface area contributed by atoms with Crippen LogP contribution in [0.25, 0.3) is 0 Å². The molecule has 0 saturated heterocycles. The van der Waals surface area contributed by atoms with Crippen molar-refractivity contribution in [3.63, 3.8) is 0 Å². The highest BCUT2D eigenvalue weighted by Crippen LogP contribution is 2.45. The van der Waals surface area contributed by atoms with Gasteiger partial charge >= 0.3 is 5.97 Å². The van der Waals surface area contributed by atoms with E-state index < -0.39 is 5.92 Å². The fourth-order valence-electron chi connectivity index (χ4n) is 5.38. The number of Topliss-reactive ketones (excluding diaryl/α,β-unsaturated/α-hetero) is 1. The summed E-state index contributed by atoms with van der Waals surface area (Å²) in [4.78, 5) is 31.0. The number of allylic oxidation sites excluding steroid dienone is 3. The number of nitrogens with zero attached hydrogens (tertiary/aromatic N) is 1. The van der Waals surface area contributed by atoms with Gasteiger partial charge in [0.25, 0.3) is 0 Å². The number of ketones is 1. The molecular formula is C27H28N2O3. The second-order valence-corrected chi connectivity index (χ2v) is 9.02. The summed E-state index contributed by atoms with van der Waals surface area (Å²) in [7, 11) is 0. The monoisotopic (exact) mass is 428 g/mol. The van der Waals surface area contributed by atoms with Crippen molar-refractivity contribution in [2.45, 2.75) is 63.4 Å². The Morgan fingerprint density at radius 2 is 1.72 bits per heavy atom. The molecule has 1 aromatic heterocycles. The third-order valence-corrected chi connectivity index (χ3v) is 6.93. The summed E-state index contributed by atoms with van der Waals surface area (Å²) in [6.45, 7) is 1.92. The lowest BCUT2D eigenvalue weighted by Gasteiger charge is -2.37. The zero-order chi connectivity index (χ0) is 22.1. The molecule has 1 saturated carbocycles. The van der Waals surface area contributed by atoms with Crippen LogP contribution in [0.3, 0.4) is 0 Å². The molecule has 2 atom stereocenters. The zero-order valence-corrected chi connectivity index (χ0v) is 18.3. The molecule has 0 spiro atoms. The predicted molar refractivity (Wildman–Crippen MR) is 122 cm³/mol. The number of esters is 1. The first-order chi connectivity index (χ1) is 15.6. The average Bonchev–Trinajstić information content (AvgIpc) is 3.32. The van der Waals surface area contributed by atoms with Crippen molar-refractivity contribution in [1.82, 2.24) is 10.3 Å². The molecule has 0 amide bonds. The van der Waals surface area contributed by atoms with Crippen LogP contribution < -0.4 is 5.32 Å². The van der Waals surface area contributed by atoms with Crippen LogP contribution in [0.15, 0.2) is 77.4 Å². The van der Waals surface area contributed by atoms with Gasteiger partial charge in [0.15, 0.2) is 5.78 Å². The van der Waals surface area contributed by atoms with Gasteiger partial charge in [-0.25, -0.2) is 4.79 Å². The molecule has 5 heteroatoms. The van der Waals surface area contributed by atoms with E-state index in [0.717, 1.165) is 49.1 Å². The van der Waals surface area contributed by atoms with E-state index >= 15 is 0 Å². The molecular weight excluding hydrogens is 400 g/mol. The molecule has 1 fully saturated rings. The first kappa shape index (κ1) is 20.7. The Balaban J connectivity index is 1.53. The van der Waals surface area contributed by atoms with Crippen LogP contribution in [0.4, 0.5) is 0 Å². The van der Waals surface area contributed by atoms with E-state index in [9.17, 15) is 9.59 Å². The number of nitrogens with one attached hydrogen (secondary N) is 1. The number of carbonyl (C=O) groups excluding carboxylic acids is 2. The van der Waals surface area contributed by atoms with E-state index in [1.54, 1.807) is 12.4 Å². The molecule has 1 N–H and O–H groups in total. The molecule has 5 nitrogen and oxygen atoms in total. The van der Waals surface area contributed by atoms with E-state index in [0.29, 0.717) is 17.6 Å². The van der Waals surface area contributed by atoms with Crippen molar-refractivity contribution in [2.75, 3.05) is 0 Å². The molecule has 0 bridgehead atoms. The van der Waals surface area contributed by atoms with E-state index in [4.69, 9.17) is 4.74 Å². The molecule has 32 heavy (non-hydrogen) atoms. The third-order valence-electron chi connectivity index (χ3n) is 6.93. The van der Waals surface area contributed by atoms with Crippen LogP contribution in [-0.2, 0) is 14.3 Å². The Kier molecular flexibility index (Phi) is 5.64. The maximum Gasteiger partial charge on any atom is 0.337 e. The van der Waals surface area contributed by atoms with Crippen molar-refractivity contribution in [2.24, 2.45) is 0 Å². The summed E-state index contributed by atoms with van der Waals surface area (Å²) in [5.74, 6) is -0.512. The largest absolute Gasteiger partial charge is 0.459 e. The van der Waals surface area contributed by atoms with E-state index in [-0.39, 0.29) is 23.8 Å². The van der Waals surface area contributed by atoms with Crippen LogP contribution in [0.1, 0.15) is 68.4 Å². The number of dihydropyridines is 1. The van der Waals surface area contributed by atoms with Gasteiger partial charge in [0.05, 0.1) is 5.57 Å². The molecule has 1 aromatic carbocycles. The van der Waals surface area contributed by atoms with Gasteiger partial charge in [-0.3, -0.25) is 9.78 Å². The second kappa shape index (κ2) is 8.73. The fourth-order valence-corrected chi connectivity index (χ4v) is 5.38. The minimum absolute atomic E-state index is 0.0271. The Hall–Kier alpha value is -3.21. The Morgan fingerprint density at radius 1 is 1.00 bits per heavy atom. The maximum absolute atomic E-state index is 13.5. The van der Waals surface area contributed by atoms with Gasteiger partial charge in [-0.1, -0.05) is 30.3 Å². The van der Waals surface area contributed by atoms with E-state index in [2.05, 4.69) is 22.4 Å². The summed E-state index contributed by atoms with van der Waals surface area (Å²) in [6.07, 6.45) is 8.60. The first-order valence-electron chi connectivity index (χ1n) is 11.5. The summed E-state index contributed by atoms with van der Waals surface area (Å²) in [5.41, 5.74) is 5.02. The molecule has 2 aliphatic carbocycles. The fraction of sp³-hybridized carbons (Fsp3) is 0.370. The van der Waals surface area contributed by atoms with Gasteiger partial charge < -0.3 is 10.1 Å². The van der Waals surface area contributed by atoms with E-state index in [1.165, 1.54) is 5.56 Å². The van der Waals surface area contributed by atoms with Gasteiger partial charge in [-0.2, -0.15) is 0 Å². The zero-order valence-electron chi connectivity index (χ0n) is 18.3. The molecule has 0 unspecified atom stereocenters. The molecule has 1 aliphatic heterocycles. The van der Waals surface area contributed by atoms with Crippen LogP contribution in [0, 0.1) is 0 Å². The van der Waals surface area contributed by atoms with Gasteiger partial charge in [0.1, 0.15) is 6.10 Å². The van der Waals surface area contributed by atoms with Crippen molar-refractivity contribution < 1.29 is 14.3 Å². The van der Waals surface area contributed by atoms with Gasteiger partial charge in [-0.15, -0.1) is 0 Å². The minimum Gasteiger partial charge on any atom is -0.459 e. The topological polar surface area (TPSA) is 68.3 Å². The smallest absolute Gasteiger partial charge is 0.337 e. The van der Waals surface area contributed by atoms with Crippen molar-refractivity contribution >= 4 is 11.8 Å². The summed E-state index contributed by atoms with van der Waals surface area (Å²) < 4.78 is 5.89. The van der Waals surface area contributed by atoms with Gasteiger partial charge in [0, 0.05) is 41.7 Å². The molecule has 0 radical (unpaired) electrons. The lowest BCUT2D eigenvalue weighted by Crippen LogP contribution is -2.36. The number of carbonyl (C=O) groups is 2. The Labute approximate surface area is 188 Å². The highest BCUT2D eigenvalue weighted by atomic mass is 16.5. The molecule has 3 aliphatic rings. The highest BCUT2D eigenvalue weighted by Gasteiger charge is 2.41. The highest BCUT2D eigenvalue weighted by molar-refractivity contribution is 6.04. The van der Waals surface area contributed by atoms with Gasteiger partial charge in [0.2, 0.25) is 0 Å². The Morgan fingerprint density at radius 3 is 2.44 bits per heavy atom. The van der Waals surface area contributed by atoms with E-state index in [1.807, 2.05) is 37.3 Å². The van der Waals surface area contributed by atoms with Crippen LogP contribution >= 0.6 is 0 Å². The summed E-state index contributed by atoms with van der Waals surface area (Å²) >= 11 is 0. The lowest BCUT2D eigenvalue weighted by atomic mass is 9.72. The lowest BCUT2D eigenvalue weighted by molar-refractivity contribution is -0.144. The van der Waals surface area contributed by atoms with Crippen LogP contribution in [-0.4, -0.2) is 22.8 Å². The molecule has 164 valence electrons. The quantitative estimate of drug-likeness (QED) is 0.700. The van der Waals surface area contributed by atoms with Gasteiger partial charge in [-0.05, 0) is 68.2 Å². The SMILES string of the molecule is CC1=C(C(=O)OC2CCCC2)[C@@H](c2ccncc2)C2=C(C[C@H](c3ccccc3)CC2=O)N1. The third kappa shape index (κ3) is 3.88. The summed E-state index contributed by atoms with van der Waals surface area (Å²) in [6, 6.07) is 14.0. The second-order valence-electron chi connectivity index (χ2n) is 9.02. The maximum atomic E-state index is 13.5. The molecule has 5 rings (SSSR count). The van der Waals surface area contributed by atoms with Crippen LogP contribution in [0.5, 0.6) is 0 Å². The minimum atomic E-state index is -0.424. The standard InChI is InChI=1S/C27H28N2O3/c1-17-24(27(31)32-21-9-5-6-10-21)25(19-11-13-28-14-12-19)26-22(29-17)15-20(16-23(26)30)18-7-3-2-4-8-18/h2-4,7-8,11-14,20-21,25,29H,5-6,9-10,15-16H2,1H3/t20-,25+/m0/s1. The number of aromatic nitrogens is 1. The number of rotatable bonds is 4. The summed E-state index contributed by atoms with van der Waals surface area (Å²) in [5, 5.41) is 3.43. The van der Waals surface area contributed by atoms with Crippen molar-refractivity contribution in [3.05, 3.63) is 88.5 Å². The first-order valence-corrected chi connectivity index (χ1v) is 11.5. The molecule has 2 heterocycles. The Bertz CT molecular complexity index is 1080. The number of hydrogen-bond donors (Lipinski definition) is 1. The predicted octanol–water partition coefficient (Wildman–Crippen LogP) is 4.93. The molecule has 2 aromatic rings. The van der Waals surface area contributed by atoms with Crippen molar-refractivity contribution in [3.8, 4) is 0 Å². The number of ether oxygens (including phenoxy) is 1. The number of benzene rings is 1. The number of hydrogen-bond acceptors (Lipinski definition) is 5. The van der Waals surface area contributed by atoms with Crippen LogP contribution in [0.2, 0.25) is 0 Å². The average molecular weight is 429 g/mol. The number of pyridine rings is 1. The van der Waals surface area contributed by atoms with Crippen molar-refractivity contribution in [1.29, 1.82) is 0 Å². The normalized spacial score (nSPS) is 23.7.